The van der Waals surface area contributed by atoms with E-state index in [-0.39, 0.29) is 23.4 Å². The standard InChI is InChI=1S/C22H21N5O4/c1-22(2,3)17-13-18(26-31-17)24-20(28)12-14-5-4-6-15(11-14)30-21(29)16-7-8-19-23-9-10-27(19)25-16/h4-11,13H,12H2,1-3H3,(H,24,26,28). The van der Waals surface area contributed by atoms with Crippen molar-refractivity contribution in [1.82, 2.24) is 19.8 Å². The van der Waals surface area contributed by atoms with Crippen molar-refractivity contribution in [3.8, 4) is 5.75 Å². The zero-order chi connectivity index (χ0) is 22.0. The molecule has 0 aliphatic heterocycles. The predicted octanol–water partition coefficient (Wildman–Crippen LogP) is 3.42. The second-order valence-electron chi connectivity index (χ2n) is 8.04. The first-order valence-corrected chi connectivity index (χ1v) is 9.66. The SMILES string of the molecule is CC(C)(C)c1cc(NC(=O)Cc2cccc(OC(=O)c3ccc4nccn4n3)c2)no1. The Balaban J connectivity index is 1.40. The van der Waals surface area contributed by atoms with Crippen LogP contribution in [0.4, 0.5) is 5.82 Å². The summed E-state index contributed by atoms with van der Waals surface area (Å²) in [7, 11) is 0. The molecule has 0 radical (unpaired) electrons. The van der Waals surface area contributed by atoms with Crippen LogP contribution in [0.25, 0.3) is 5.65 Å². The van der Waals surface area contributed by atoms with E-state index in [1.807, 2.05) is 20.8 Å². The molecule has 3 aromatic heterocycles. The van der Waals surface area contributed by atoms with Crippen LogP contribution in [0.1, 0.15) is 42.6 Å². The number of hydrogen-bond acceptors (Lipinski definition) is 7. The van der Waals surface area contributed by atoms with Gasteiger partial charge in [-0.05, 0) is 29.8 Å². The second kappa shape index (κ2) is 8.02. The summed E-state index contributed by atoms with van der Waals surface area (Å²) in [5.41, 5.74) is 1.26. The molecule has 1 N–H and O–H groups in total. The Bertz CT molecular complexity index is 1250. The molecule has 9 heteroatoms. The van der Waals surface area contributed by atoms with Gasteiger partial charge in [-0.15, -0.1) is 0 Å². The molecule has 31 heavy (non-hydrogen) atoms. The van der Waals surface area contributed by atoms with Crippen LogP contribution in [0.3, 0.4) is 0 Å². The average Bonchev–Trinajstić information content (AvgIpc) is 3.36. The predicted molar refractivity (Wildman–Crippen MR) is 112 cm³/mol. The van der Waals surface area contributed by atoms with Crippen molar-refractivity contribution in [2.75, 3.05) is 5.32 Å². The first-order valence-electron chi connectivity index (χ1n) is 9.66. The van der Waals surface area contributed by atoms with Crippen molar-refractivity contribution in [2.24, 2.45) is 0 Å². The van der Waals surface area contributed by atoms with Crippen molar-refractivity contribution >= 4 is 23.3 Å². The maximum atomic E-state index is 12.4. The molecule has 4 aromatic rings. The first kappa shape index (κ1) is 20.3. The molecule has 0 atom stereocenters. The van der Waals surface area contributed by atoms with E-state index in [2.05, 4.69) is 20.6 Å². The minimum atomic E-state index is -0.602. The highest BCUT2D eigenvalue weighted by atomic mass is 16.5. The zero-order valence-corrected chi connectivity index (χ0v) is 17.3. The minimum absolute atomic E-state index is 0.0857. The van der Waals surface area contributed by atoms with Gasteiger partial charge in [0.1, 0.15) is 11.5 Å². The van der Waals surface area contributed by atoms with Crippen LogP contribution in [0.15, 0.2) is 59.4 Å². The summed E-state index contributed by atoms with van der Waals surface area (Å²) in [6.07, 6.45) is 3.32. The van der Waals surface area contributed by atoms with E-state index < -0.39 is 5.97 Å². The lowest BCUT2D eigenvalue weighted by atomic mass is 9.93. The molecule has 3 heterocycles. The summed E-state index contributed by atoms with van der Waals surface area (Å²) in [4.78, 5) is 28.9. The number of nitrogens with one attached hydrogen (secondary N) is 1. The smallest absolute Gasteiger partial charge is 0.364 e. The van der Waals surface area contributed by atoms with Crippen LogP contribution >= 0.6 is 0 Å². The molecule has 0 bridgehead atoms. The number of fused-ring (bicyclic) bond motifs is 1. The number of carbonyl (C=O) groups excluding carboxylic acids is 2. The highest BCUT2D eigenvalue weighted by molar-refractivity contribution is 5.91. The van der Waals surface area contributed by atoms with Crippen LogP contribution in [0.2, 0.25) is 0 Å². The van der Waals surface area contributed by atoms with Gasteiger partial charge in [-0.2, -0.15) is 5.10 Å². The number of anilines is 1. The number of rotatable bonds is 5. The number of carbonyl (C=O) groups is 2. The fourth-order valence-electron chi connectivity index (χ4n) is 2.86. The van der Waals surface area contributed by atoms with E-state index in [4.69, 9.17) is 9.26 Å². The number of ether oxygens (including phenoxy) is 1. The lowest BCUT2D eigenvalue weighted by Crippen LogP contribution is -2.15. The molecule has 0 saturated carbocycles. The summed E-state index contributed by atoms with van der Waals surface area (Å²) >= 11 is 0. The van der Waals surface area contributed by atoms with Crippen molar-refractivity contribution < 1.29 is 18.8 Å². The largest absolute Gasteiger partial charge is 0.422 e. The summed E-state index contributed by atoms with van der Waals surface area (Å²) in [5.74, 6) is 0.496. The normalized spacial score (nSPS) is 11.5. The molecule has 4 rings (SSSR count). The van der Waals surface area contributed by atoms with E-state index in [1.165, 1.54) is 4.52 Å². The van der Waals surface area contributed by atoms with Crippen LogP contribution in [0.5, 0.6) is 5.75 Å². The molecule has 158 valence electrons. The van der Waals surface area contributed by atoms with Crippen LogP contribution in [-0.4, -0.2) is 31.6 Å². The quantitative estimate of drug-likeness (QED) is 0.390. The lowest BCUT2D eigenvalue weighted by molar-refractivity contribution is -0.115. The second-order valence-corrected chi connectivity index (χ2v) is 8.04. The van der Waals surface area contributed by atoms with Gasteiger partial charge >= 0.3 is 5.97 Å². The molecule has 1 amide bonds. The number of nitrogens with zero attached hydrogens (tertiary/aromatic N) is 4. The van der Waals surface area contributed by atoms with Crippen molar-refractivity contribution in [3.05, 3.63) is 71.9 Å². The van der Waals surface area contributed by atoms with E-state index >= 15 is 0 Å². The number of benzene rings is 1. The number of aromatic nitrogens is 4. The lowest BCUT2D eigenvalue weighted by Gasteiger charge is -2.12. The van der Waals surface area contributed by atoms with Gasteiger partial charge in [0.25, 0.3) is 0 Å². The van der Waals surface area contributed by atoms with E-state index in [0.29, 0.717) is 28.5 Å². The third kappa shape index (κ3) is 4.77. The third-order valence-corrected chi connectivity index (χ3v) is 4.45. The maximum Gasteiger partial charge on any atom is 0.364 e. The van der Waals surface area contributed by atoms with E-state index in [9.17, 15) is 9.59 Å². The molecular weight excluding hydrogens is 398 g/mol. The molecule has 0 saturated heterocycles. The Kier molecular flexibility index (Phi) is 5.24. The van der Waals surface area contributed by atoms with Crippen molar-refractivity contribution in [2.45, 2.75) is 32.6 Å². The Morgan fingerprint density at radius 3 is 2.77 bits per heavy atom. The molecule has 0 fully saturated rings. The van der Waals surface area contributed by atoms with E-state index in [0.717, 1.165) is 0 Å². The van der Waals surface area contributed by atoms with Gasteiger partial charge in [-0.25, -0.2) is 14.3 Å². The molecule has 0 spiro atoms. The number of hydrogen-bond donors (Lipinski definition) is 1. The molecule has 0 aliphatic rings. The van der Waals surface area contributed by atoms with Crippen LogP contribution < -0.4 is 10.1 Å². The topological polar surface area (TPSA) is 112 Å². The van der Waals surface area contributed by atoms with Crippen molar-refractivity contribution in [3.63, 3.8) is 0 Å². The highest BCUT2D eigenvalue weighted by Crippen LogP contribution is 2.24. The molecule has 1 aromatic carbocycles. The molecule has 0 aliphatic carbocycles. The van der Waals surface area contributed by atoms with E-state index in [1.54, 1.807) is 54.9 Å². The van der Waals surface area contributed by atoms with Gasteiger partial charge in [0, 0.05) is 23.9 Å². The van der Waals surface area contributed by atoms with Crippen LogP contribution in [-0.2, 0) is 16.6 Å². The van der Waals surface area contributed by atoms with Gasteiger partial charge < -0.3 is 14.6 Å². The summed E-state index contributed by atoms with van der Waals surface area (Å²) in [5, 5.41) is 10.8. The highest BCUT2D eigenvalue weighted by Gasteiger charge is 2.20. The Morgan fingerprint density at radius 1 is 1.16 bits per heavy atom. The Morgan fingerprint density at radius 2 is 2.00 bits per heavy atom. The van der Waals surface area contributed by atoms with Crippen LogP contribution in [0, 0.1) is 0 Å². The summed E-state index contributed by atoms with van der Waals surface area (Å²) in [6, 6.07) is 11.7. The minimum Gasteiger partial charge on any atom is -0.422 e. The fourth-order valence-corrected chi connectivity index (χ4v) is 2.86. The Labute approximate surface area is 178 Å². The molecule has 0 unspecified atom stereocenters. The third-order valence-electron chi connectivity index (χ3n) is 4.45. The number of esters is 1. The average molecular weight is 419 g/mol. The number of amides is 1. The monoisotopic (exact) mass is 419 g/mol. The van der Waals surface area contributed by atoms with Gasteiger partial charge in [0.15, 0.2) is 17.2 Å². The summed E-state index contributed by atoms with van der Waals surface area (Å²) in [6.45, 7) is 5.98. The summed E-state index contributed by atoms with van der Waals surface area (Å²) < 4.78 is 12.2. The van der Waals surface area contributed by atoms with Gasteiger partial charge in [-0.1, -0.05) is 38.1 Å². The van der Waals surface area contributed by atoms with Crippen molar-refractivity contribution in [1.29, 1.82) is 0 Å². The molecule has 9 nitrogen and oxygen atoms in total. The van der Waals surface area contributed by atoms with Gasteiger partial charge in [0.2, 0.25) is 5.91 Å². The van der Waals surface area contributed by atoms with Gasteiger partial charge in [-0.3, -0.25) is 4.79 Å². The fraction of sp³-hybridized carbons (Fsp3) is 0.227. The first-order chi connectivity index (χ1) is 14.8. The Hall–Kier alpha value is -4.01. The maximum absolute atomic E-state index is 12.4. The molecular formula is C22H21N5O4. The van der Waals surface area contributed by atoms with Gasteiger partial charge in [0.05, 0.1) is 6.42 Å². The number of imidazole rings is 1. The zero-order valence-electron chi connectivity index (χ0n) is 17.3.